The third kappa shape index (κ3) is 4.56. The third-order valence-corrected chi connectivity index (χ3v) is 3.58. The third-order valence-electron chi connectivity index (χ3n) is 3.35. The van der Waals surface area contributed by atoms with Crippen LogP contribution in [0.4, 0.5) is 4.39 Å². The molecular weight excluding hydrogens is 332 g/mol. The highest BCUT2D eigenvalue weighted by atomic mass is 35.5. The first-order valence-corrected chi connectivity index (χ1v) is 7.06. The Morgan fingerprint density at radius 1 is 1.36 bits per heavy atom. The average Bonchev–Trinajstić information content (AvgIpc) is 2.49. The van der Waals surface area contributed by atoms with E-state index < -0.39 is 11.7 Å². The van der Waals surface area contributed by atoms with Gasteiger partial charge < -0.3 is 15.1 Å². The van der Waals surface area contributed by atoms with E-state index in [0.717, 1.165) is 19.2 Å². The minimum Gasteiger partial charge on any atom is -0.339 e. The van der Waals surface area contributed by atoms with Crippen LogP contribution in [-0.2, 0) is 4.79 Å². The maximum atomic E-state index is 13.7. The quantitative estimate of drug-likeness (QED) is 0.897. The molecule has 1 N–H and O–H groups in total. The van der Waals surface area contributed by atoms with Crippen molar-refractivity contribution in [3.63, 3.8) is 0 Å². The van der Waals surface area contributed by atoms with Crippen molar-refractivity contribution >= 4 is 35.8 Å². The number of piperazine rings is 1. The molecule has 1 aromatic carbocycles. The van der Waals surface area contributed by atoms with Crippen molar-refractivity contribution in [3.05, 3.63) is 34.6 Å². The molecule has 1 heterocycles. The normalized spacial score (nSPS) is 14.2. The number of benzene rings is 1. The Hall–Kier alpha value is -1.37. The van der Waals surface area contributed by atoms with Gasteiger partial charge in [-0.1, -0.05) is 11.6 Å². The van der Waals surface area contributed by atoms with Crippen LogP contribution < -0.4 is 5.32 Å². The number of hydrogen-bond acceptors (Lipinski definition) is 3. The molecule has 2 rings (SSSR count). The molecular formula is C14H18Cl2FN3O2. The van der Waals surface area contributed by atoms with E-state index in [2.05, 4.69) is 5.32 Å². The molecule has 1 aromatic rings. The second-order valence-electron chi connectivity index (χ2n) is 4.92. The van der Waals surface area contributed by atoms with Crippen LogP contribution in [0.25, 0.3) is 0 Å². The Labute approximate surface area is 139 Å². The zero-order valence-electron chi connectivity index (χ0n) is 12.1. The van der Waals surface area contributed by atoms with Crippen molar-refractivity contribution in [3.8, 4) is 0 Å². The Morgan fingerprint density at radius 3 is 2.64 bits per heavy atom. The number of likely N-dealkylation sites (N-methyl/N-ethyl adjacent to an activating group) is 1. The van der Waals surface area contributed by atoms with Crippen molar-refractivity contribution in [1.82, 2.24) is 15.1 Å². The van der Waals surface area contributed by atoms with Gasteiger partial charge in [-0.15, -0.1) is 12.4 Å². The van der Waals surface area contributed by atoms with Gasteiger partial charge in [0.15, 0.2) is 0 Å². The summed E-state index contributed by atoms with van der Waals surface area (Å²) in [7, 11) is 1.47. The van der Waals surface area contributed by atoms with E-state index in [9.17, 15) is 14.0 Å². The predicted octanol–water partition coefficient (Wildman–Crippen LogP) is 1.40. The predicted molar refractivity (Wildman–Crippen MR) is 85.1 cm³/mol. The highest BCUT2D eigenvalue weighted by Crippen LogP contribution is 2.16. The summed E-state index contributed by atoms with van der Waals surface area (Å²) in [5.41, 5.74) is -0.127. The van der Waals surface area contributed by atoms with Crippen LogP contribution in [0, 0.1) is 5.82 Å². The standard InChI is InChI=1S/C14H17ClFN3O2.ClH/c1-18(9-13(20)19-6-4-17-5-7-19)14(21)11-8-10(15)2-3-12(11)16;/h2-3,8,17H,4-7,9H2,1H3;1H. The summed E-state index contributed by atoms with van der Waals surface area (Å²) in [5.74, 6) is -1.35. The Balaban J connectivity index is 0.00000242. The summed E-state index contributed by atoms with van der Waals surface area (Å²) in [4.78, 5) is 27.2. The number of nitrogens with one attached hydrogen (secondary N) is 1. The molecule has 0 unspecified atom stereocenters. The molecule has 0 bridgehead atoms. The lowest BCUT2D eigenvalue weighted by molar-refractivity contribution is -0.132. The minimum absolute atomic E-state index is 0. The van der Waals surface area contributed by atoms with Gasteiger partial charge in [0.2, 0.25) is 5.91 Å². The smallest absolute Gasteiger partial charge is 0.257 e. The molecule has 0 radical (unpaired) electrons. The van der Waals surface area contributed by atoms with Crippen molar-refractivity contribution in [2.45, 2.75) is 0 Å². The van der Waals surface area contributed by atoms with Crippen molar-refractivity contribution < 1.29 is 14.0 Å². The van der Waals surface area contributed by atoms with Crippen LogP contribution in [0.3, 0.4) is 0 Å². The largest absolute Gasteiger partial charge is 0.339 e. The van der Waals surface area contributed by atoms with Crippen LogP contribution in [-0.4, -0.2) is 61.4 Å². The van der Waals surface area contributed by atoms with E-state index in [1.807, 2.05) is 0 Å². The number of halogens is 3. The lowest BCUT2D eigenvalue weighted by Crippen LogP contribution is -2.49. The zero-order chi connectivity index (χ0) is 15.4. The number of rotatable bonds is 3. The van der Waals surface area contributed by atoms with Crippen LogP contribution in [0.5, 0.6) is 0 Å². The van der Waals surface area contributed by atoms with Crippen molar-refractivity contribution in [2.75, 3.05) is 39.8 Å². The first-order chi connectivity index (χ1) is 9.99. The molecule has 0 aliphatic carbocycles. The zero-order valence-corrected chi connectivity index (χ0v) is 13.7. The average molecular weight is 350 g/mol. The molecule has 22 heavy (non-hydrogen) atoms. The molecule has 1 aliphatic rings. The molecule has 0 saturated carbocycles. The molecule has 8 heteroatoms. The lowest BCUT2D eigenvalue weighted by atomic mass is 10.2. The van der Waals surface area contributed by atoms with Gasteiger partial charge in [0.1, 0.15) is 5.82 Å². The number of carbonyl (C=O) groups excluding carboxylic acids is 2. The van der Waals surface area contributed by atoms with E-state index in [1.165, 1.54) is 24.1 Å². The lowest BCUT2D eigenvalue weighted by Gasteiger charge is -2.29. The van der Waals surface area contributed by atoms with Crippen LogP contribution in [0.2, 0.25) is 5.02 Å². The van der Waals surface area contributed by atoms with Crippen LogP contribution in [0.1, 0.15) is 10.4 Å². The monoisotopic (exact) mass is 349 g/mol. The molecule has 1 saturated heterocycles. The summed E-state index contributed by atoms with van der Waals surface area (Å²) in [6.07, 6.45) is 0. The number of carbonyl (C=O) groups is 2. The van der Waals surface area contributed by atoms with Gasteiger partial charge in [-0.3, -0.25) is 9.59 Å². The maximum absolute atomic E-state index is 13.7. The SMILES string of the molecule is CN(CC(=O)N1CCNCC1)C(=O)c1cc(Cl)ccc1F.Cl. The van der Waals surface area contributed by atoms with Crippen molar-refractivity contribution in [1.29, 1.82) is 0 Å². The summed E-state index contributed by atoms with van der Waals surface area (Å²) in [6, 6.07) is 3.78. The minimum atomic E-state index is -0.647. The Kier molecular flexibility index (Phi) is 7.06. The number of nitrogens with zero attached hydrogens (tertiary/aromatic N) is 2. The molecule has 2 amide bonds. The van der Waals surface area contributed by atoms with E-state index in [1.54, 1.807) is 4.90 Å². The molecule has 5 nitrogen and oxygen atoms in total. The second kappa shape index (κ2) is 8.31. The topological polar surface area (TPSA) is 52.7 Å². The highest BCUT2D eigenvalue weighted by molar-refractivity contribution is 6.31. The van der Waals surface area contributed by atoms with E-state index in [4.69, 9.17) is 11.6 Å². The van der Waals surface area contributed by atoms with Crippen LogP contribution >= 0.6 is 24.0 Å². The van der Waals surface area contributed by atoms with E-state index in [0.29, 0.717) is 13.1 Å². The number of hydrogen-bond donors (Lipinski definition) is 1. The number of amides is 2. The maximum Gasteiger partial charge on any atom is 0.257 e. The molecule has 0 spiro atoms. The van der Waals surface area contributed by atoms with Crippen LogP contribution in [0.15, 0.2) is 18.2 Å². The summed E-state index contributed by atoms with van der Waals surface area (Å²) in [5, 5.41) is 3.43. The fourth-order valence-corrected chi connectivity index (χ4v) is 2.33. The van der Waals surface area contributed by atoms with E-state index in [-0.39, 0.29) is 35.4 Å². The van der Waals surface area contributed by atoms with Gasteiger partial charge >= 0.3 is 0 Å². The summed E-state index contributed by atoms with van der Waals surface area (Å²) >= 11 is 5.77. The fourth-order valence-electron chi connectivity index (χ4n) is 2.16. The van der Waals surface area contributed by atoms with Gasteiger partial charge in [0.25, 0.3) is 5.91 Å². The molecule has 122 valence electrons. The van der Waals surface area contributed by atoms with Gasteiger partial charge in [0.05, 0.1) is 12.1 Å². The molecule has 0 aromatic heterocycles. The van der Waals surface area contributed by atoms with Gasteiger partial charge in [-0.05, 0) is 18.2 Å². The summed E-state index contributed by atoms with van der Waals surface area (Å²) in [6.45, 7) is 2.64. The first kappa shape index (κ1) is 18.7. The molecule has 1 fully saturated rings. The van der Waals surface area contributed by atoms with Crippen molar-refractivity contribution in [2.24, 2.45) is 0 Å². The molecule has 1 aliphatic heterocycles. The Bertz CT molecular complexity index is 551. The van der Waals surface area contributed by atoms with E-state index >= 15 is 0 Å². The second-order valence-corrected chi connectivity index (χ2v) is 5.35. The van der Waals surface area contributed by atoms with Gasteiger partial charge in [-0.2, -0.15) is 0 Å². The highest BCUT2D eigenvalue weighted by Gasteiger charge is 2.22. The van der Waals surface area contributed by atoms with Gasteiger partial charge in [-0.25, -0.2) is 4.39 Å². The first-order valence-electron chi connectivity index (χ1n) is 6.68. The molecule has 0 atom stereocenters. The fraction of sp³-hybridized carbons (Fsp3) is 0.429. The Morgan fingerprint density at radius 2 is 2.00 bits per heavy atom. The van der Waals surface area contributed by atoms with Gasteiger partial charge in [0, 0.05) is 38.2 Å². The summed E-state index contributed by atoms with van der Waals surface area (Å²) < 4.78 is 13.7.